The lowest BCUT2D eigenvalue weighted by atomic mass is 9.86. The number of aryl methyl sites for hydroxylation is 1. The Morgan fingerprint density at radius 1 is 0.853 bits per heavy atom. The minimum Gasteiger partial charge on any atom is -0.488 e. The first-order valence-corrected chi connectivity index (χ1v) is 10.8. The van der Waals surface area contributed by atoms with E-state index >= 15 is 0 Å². The number of carboxylic acid groups (broad SMARTS) is 1. The van der Waals surface area contributed by atoms with Crippen LogP contribution in [0.5, 0.6) is 11.5 Å². The van der Waals surface area contributed by atoms with E-state index in [1.54, 1.807) is 12.1 Å². The van der Waals surface area contributed by atoms with Crippen LogP contribution in [0, 0.1) is 0 Å². The zero-order valence-electron chi connectivity index (χ0n) is 19.3. The summed E-state index contributed by atoms with van der Waals surface area (Å²) in [6.07, 6.45) is -4.69. The second-order valence-electron chi connectivity index (χ2n) is 8.99. The summed E-state index contributed by atoms with van der Waals surface area (Å²) < 4.78 is 48.0. The SMILES string of the molecule is CC(C)(C)c1ccc(-c2ccc(OCc3ccccc3OC(F)(F)F)c(CCC(=O)O)c2)cc1. The van der Waals surface area contributed by atoms with E-state index < -0.39 is 12.3 Å². The van der Waals surface area contributed by atoms with Crippen molar-refractivity contribution in [1.82, 2.24) is 0 Å². The molecule has 4 nitrogen and oxygen atoms in total. The molecule has 0 unspecified atom stereocenters. The van der Waals surface area contributed by atoms with E-state index in [-0.39, 0.29) is 36.2 Å². The van der Waals surface area contributed by atoms with Crippen molar-refractivity contribution in [2.45, 2.75) is 52.0 Å². The number of halogens is 3. The van der Waals surface area contributed by atoms with Crippen molar-refractivity contribution in [3.63, 3.8) is 0 Å². The first-order valence-electron chi connectivity index (χ1n) is 10.8. The Balaban J connectivity index is 1.86. The van der Waals surface area contributed by atoms with E-state index in [2.05, 4.69) is 37.6 Å². The molecule has 0 radical (unpaired) electrons. The number of benzene rings is 3. The topological polar surface area (TPSA) is 55.8 Å². The highest BCUT2D eigenvalue weighted by molar-refractivity contribution is 5.69. The van der Waals surface area contributed by atoms with Crippen molar-refractivity contribution in [2.24, 2.45) is 0 Å². The number of carboxylic acids is 1. The zero-order valence-corrected chi connectivity index (χ0v) is 19.3. The molecule has 0 bridgehead atoms. The van der Waals surface area contributed by atoms with Crippen LogP contribution in [-0.4, -0.2) is 17.4 Å². The lowest BCUT2D eigenvalue weighted by Gasteiger charge is -2.19. The van der Waals surface area contributed by atoms with Gasteiger partial charge in [-0.2, -0.15) is 0 Å². The maximum absolute atomic E-state index is 12.7. The smallest absolute Gasteiger partial charge is 0.488 e. The molecule has 0 saturated carbocycles. The highest BCUT2D eigenvalue weighted by atomic mass is 19.4. The van der Waals surface area contributed by atoms with Crippen LogP contribution in [0.3, 0.4) is 0 Å². The van der Waals surface area contributed by atoms with Crippen molar-refractivity contribution in [2.75, 3.05) is 0 Å². The number of para-hydroxylation sites is 1. The average Bonchev–Trinajstić information content (AvgIpc) is 2.76. The van der Waals surface area contributed by atoms with Crippen LogP contribution < -0.4 is 9.47 Å². The second kappa shape index (κ2) is 10.2. The van der Waals surface area contributed by atoms with Crippen molar-refractivity contribution in [3.05, 3.63) is 83.4 Å². The Morgan fingerprint density at radius 2 is 1.50 bits per heavy atom. The van der Waals surface area contributed by atoms with Gasteiger partial charge in [-0.25, -0.2) is 0 Å². The Kier molecular flexibility index (Phi) is 7.54. The predicted octanol–water partition coefficient (Wildman–Crippen LogP) is 7.15. The Morgan fingerprint density at radius 3 is 2.12 bits per heavy atom. The monoisotopic (exact) mass is 472 g/mol. The van der Waals surface area contributed by atoms with Gasteiger partial charge in [-0.1, -0.05) is 69.3 Å². The number of aliphatic carboxylic acids is 1. The van der Waals surface area contributed by atoms with Gasteiger partial charge >= 0.3 is 12.3 Å². The summed E-state index contributed by atoms with van der Waals surface area (Å²) in [6.45, 7) is 6.24. The third-order valence-corrected chi connectivity index (χ3v) is 5.33. The normalized spacial score (nSPS) is 11.8. The summed E-state index contributed by atoms with van der Waals surface area (Å²) in [5.74, 6) is -0.870. The van der Waals surface area contributed by atoms with Gasteiger partial charge in [-0.15, -0.1) is 13.2 Å². The first kappa shape index (κ1) is 25.1. The molecule has 180 valence electrons. The van der Waals surface area contributed by atoms with Crippen LogP contribution in [0.4, 0.5) is 13.2 Å². The molecule has 0 atom stereocenters. The maximum Gasteiger partial charge on any atom is 0.573 e. The van der Waals surface area contributed by atoms with Gasteiger partial charge < -0.3 is 14.6 Å². The van der Waals surface area contributed by atoms with Crippen molar-refractivity contribution in [1.29, 1.82) is 0 Å². The Labute approximate surface area is 197 Å². The van der Waals surface area contributed by atoms with Gasteiger partial charge in [-0.05, 0) is 52.3 Å². The highest BCUT2D eigenvalue weighted by Gasteiger charge is 2.32. The number of alkyl halides is 3. The third kappa shape index (κ3) is 7.01. The molecule has 0 aliphatic rings. The molecule has 0 amide bonds. The fraction of sp³-hybridized carbons (Fsp3) is 0.296. The molecule has 3 aromatic carbocycles. The van der Waals surface area contributed by atoms with Gasteiger partial charge in [0, 0.05) is 12.0 Å². The van der Waals surface area contributed by atoms with Crippen molar-refractivity contribution in [3.8, 4) is 22.6 Å². The number of rotatable bonds is 8. The van der Waals surface area contributed by atoms with Gasteiger partial charge in [0.1, 0.15) is 18.1 Å². The summed E-state index contributed by atoms with van der Waals surface area (Å²) in [5, 5.41) is 9.15. The summed E-state index contributed by atoms with van der Waals surface area (Å²) in [4.78, 5) is 11.2. The van der Waals surface area contributed by atoms with Crippen LogP contribution in [0.1, 0.15) is 43.9 Å². The molecule has 0 heterocycles. The van der Waals surface area contributed by atoms with Gasteiger partial charge in [0.05, 0.1) is 0 Å². The molecule has 0 spiro atoms. The van der Waals surface area contributed by atoms with Crippen LogP contribution in [0.15, 0.2) is 66.7 Å². The number of carbonyl (C=O) groups is 1. The molecule has 7 heteroatoms. The second-order valence-corrected chi connectivity index (χ2v) is 8.99. The molecular formula is C27H27F3O4. The molecular weight excluding hydrogens is 445 g/mol. The predicted molar refractivity (Wildman–Crippen MR) is 124 cm³/mol. The summed E-state index contributed by atoms with van der Waals surface area (Å²) in [7, 11) is 0. The molecule has 3 aromatic rings. The number of hydrogen-bond acceptors (Lipinski definition) is 3. The summed E-state index contributed by atoms with van der Waals surface area (Å²) >= 11 is 0. The summed E-state index contributed by atoms with van der Waals surface area (Å²) in [5.41, 5.74) is 3.98. The number of hydrogen-bond donors (Lipinski definition) is 1. The van der Waals surface area contributed by atoms with Crippen molar-refractivity contribution >= 4 is 5.97 Å². The Hall–Kier alpha value is -3.48. The van der Waals surface area contributed by atoms with E-state index in [0.717, 1.165) is 11.1 Å². The largest absolute Gasteiger partial charge is 0.573 e. The molecule has 0 aliphatic carbocycles. The van der Waals surface area contributed by atoms with Gasteiger partial charge in [0.2, 0.25) is 0 Å². The average molecular weight is 473 g/mol. The molecule has 34 heavy (non-hydrogen) atoms. The molecule has 1 N–H and O–H groups in total. The van der Waals surface area contributed by atoms with E-state index in [4.69, 9.17) is 9.84 Å². The van der Waals surface area contributed by atoms with Crippen LogP contribution in [0.2, 0.25) is 0 Å². The minimum atomic E-state index is -4.81. The highest BCUT2D eigenvalue weighted by Crippen LogP contribution is 2.32. The standard InChI is InChI=1S/C27H27F3O4/c1-26(2,3)22-12-8-18(9-13-22)19-10-14-23(20(16-19)11-15-25(31)32)33-17-21-6-4-5-7-24(21)34-27(28,29)30/h4-10,12-14,16H,11,15,17H2,1-3H3,(H,31,32). The lowest BCUT2D eigenvalue weighted by molar-refractivity contribution is -0.275. The fourth-order valence-corrected chi connectivity index (χ4v) is 3.50. The third-order valence-electron chi connectivity index (χ3n) is 5.33. The quantitative estimate of drug-likeness (QED) is 0.378. The molecule has 0 saturated heterocycles. The minimum absolute atomic E-state index is 0.0228. The van der Waals surface area contributed by atoms with E-state index in [0.29, 0.717) is 11.3 Å². The zero-order chi connectivity index (χ0) is 24.9. The lowest BCUT2D eigenvalue weighted by Crippen LogP contribution is -2.18. The van der Waals surface area contributed by atoms with E-state index in [9.17, 15) is 18.0 Å². The number of ether oxygens (including phenoxy) is 2. The van der Waals surface area contributed by atoms with Crippen LogP contribution >= 0.6 is 0 Å². The maximum atomic E-state index is 12.7. The summed E-state index contributed by atoms with van der Waals surface area (Å²) in [6, 6.07) is 19.3. The molecule has 0 aliphatic heterocycles. The van der Waals surface area contributed by atoms with Gasteiger partial charge in [0.15, 0.2) is 0 Å². The van der Waals surface area contributed by atoms with Gasteiger partial charge in [0.25, 0.3) is 0 Å². The van der Waals surface area contributed by atoms with E-state index in [1.165, 1.54) is 23.8 Å². The fourth-order valence-electron chi connectivity index (χ4n) is 3.50. The molecule has 0 aromatic heterocycles. The van der Waals surface area contributed by atoms with E-state index in [1.807, 2.05) is 24.3 Å². The van der Waals surface area contributed by atoms with Crippen LogP contribution in [0.25, 0.3) is 11.1 Å². The molecule has 3 rings (SSSR count). The van der Waals surface area contributed by atoms with Gasteiger partial charge in [-0.3, -0.25) is 4.79 Å². The Bertz CT molecular complexity index is 1130. The van der Waals surface area contributed by atoms with Crippen LogP contribution in [-0.2, 0) is 23.2 Å². The van der Waals surface area contributed by atoms with Crippen molar-refractivity contribution < 1.29 is 32.5 Å². The molecule has 0 fully saturated rings. The first-order chi connectivity index (χ1) is 15.9.